The van der Waals surface area contributed by atoms with Gasteiger partial charge in [-0.3, -0.25) is 0 Å². The van der Waals surface area contributed by atoms with Gasteiger partial charge in [-0.15, -0.1) is 0 Å². The van der Waals surface area contributed by atoms with Crippen LogP contribution < -0.4 is 9.47 Å². The minimum Gasteiger partial charge on any atom is -0.494 e. The lowest BCUT2D eigenvalue weighted by atomic mass is 9.89. The molecule has 5 heteroatoms. The molecule has 1 atom stereocenters. The van der Waals surface area contributed by atoms with Gasteiger partial charge in [0.2, 0.25) is 0 Å². The molecule has 0 heterocycles. The van der Waals surface area contributed by atoms with E-state index in [9.17, 15) is 9.59 Å². The molecule has 214 valence electrons. The van der Waals surface area contributed by atoms with Gasteiger partial charge in [0, 0.05) is 6.08 Å². The van der Waals surface area contributed by atoms with Gasteiger partial charge in [0.05, 0.1) is 18.8 Å². The molecule has 0 radical (unpaired) electrons. The molecule has 0 aliphatic heterocycles. The average Bonchev–Trinajstić information content (AvgIpc) is 2.96. The highest BCUT2D eigenvalue weighted by atomic mass is 16.5. The molecule has 2 aromatic rings. The Morgan fingerprint density at radius 1 is 0.718 bits per heavy atom. The van der Waals surface area contributed by atoms with E-state index in [1.54, 1.807) is 24.3 Å². The van der Waals surface area contributed by atoms with Crippen molar-refractivity contribution in [2.75, 3.05) is 13.2 Å². The van der Waals surface area contributed by atoms with E-state index < -0.39 is 0 Å². The van der Waals surface area contributed by atoms with Crippen LogP contribution in [0.5, 0.6) is 11.5 Å². The molecule has 0 saturated heterocycles. The van der Waals surface area contributed by atoms with Gasteiger partial charge in [0.15, 0.2) is 0 Å². The highest BCUT2D eigenvalue weighted by Crippen LogP contribution is 2.29. The van der Waals surface area contributed by atoms with Gasteiger partial charge in [-0.25, -0.2) is 9.59 Å². The Balaban J connectivity index is 1.72. The summed E-state index contributed by atoms with van der Waals surface area (Å²) in [6.45, 7) is 8.90. The number of esters is 2. The Kier molecular flexibility index (Phi) is 16.4. The lowest BCUT2D eigenvalue weighted by Crippen LogP contribution is -2.08. The number of carbonyl (C=O) groups excluding carboxylic acids is 2. The van der Waals surface area contributed by atoms with E-state index >= 15 is 0 Å². The summed E-state index contributed by atoms with van der Waals surface area (Å²) < 4.78 is 16.4. The van der Waals surface area contributed by atoms with Crippen molar-refractivity contribution >= 4 is 11.9 Å². The number of rotatable bonds is 21. The van der Waals surface area contributed by atoms with Crippen LogP contribution in [0.1, 0.15) is 119 Å². The van der Waals surface area contributed by atoms with Gasteiger partial charge in [-0.2, -0.15) is 0 Å². The number of unbranched alkanes of at least 4 members (excludes halogenated alkanes) is 8. The second-order valence-electron chi connectivity index (χ2n) is 10.2. The minimum absolute atomic E-state index is 0.372. The fourth-order valence-corrected chi connectivity index (χ4v) is 4.64. The molecule has 0 amide bonds. The lowest BCUT2D eigenvalue weighted by Gasteiger charge is -2.17. The first-order valence-corrected chi connectivity index (χ1v) is 14.9. The van der Waals surface area contributed by atoms with Crippen molar-refractivity contribution in [1.82, 2.24) is 0 Å². The molecule has 1 unspecified atom stereocenters. The molecule has 5 nitrogen and oxygen atoms in total. The third kappa shape index (κ3) is 13.5. The highest BCUT2D eigenvalue weighted by molar-refractivity contribution is 5.91. The Labute approximate surface area is 235 Å². The number of carbonyl (C=O) groups is 2. The molecule has 0 aliphatic carbocycles. The first-order chi connectivity index (χ1) is 19.1. The van der Waals surface area contributed by atoms with Crippen LogP contribution in [0, 0.1) is 0 Å². The molecule has 0 fully saturated rings. The van der Waals surface area contributed by atoms with E-state index in [2.05, 4.69) is 32.6 Å². The molecule has 2 rings (SSSR count). The monoisotopic (exact) mass is 536 g/mol. The number of hydrogen-bond acceptors (Lipinski definition) is 5. The van der Waals surface area contributed by atoms with Crippen molar-refractivity contribution in [3.8, 4) is 11.5 Å². The molecule has 39 heavy (non-hydrogen) atoms. The van der Waals surface area contributed by atoms with Gasteiger partial charge in [-0.05, 0) is 86.4 Å². The smallest absolute Gasteiger partial charge is 0.343 e. The molecular weight excluding hydrogens is 488 g/mol. The van der Waals surface area contributed by atoms with Crippen molar-refractivity contribution in [2.24, 2.45) is 0 Å². The normalized spacial score (nSPS) is 11.5. The van der Waals surface area contributed by atoms with E-state index in [0.29, 0.717) is 30.4 Å². The molecule has 0 saturated carbocycles. The Morgan fingerprint density at radius 3 is 2.00 bits per heavy atom. The second-order valence-corrected chi connectivity index (χ2v) is 10.2. The quantitative estimate of drug-likeness (QED) is 0.0689. The first-order valence-electron chi connectivity index (χ1n) is 14.9. The second kappa shape index (κ2) is 19.9. The Morgan fingerprint density at radius 2 is 1.33 bits per heavy atom. The number of hydrogen-bond donors (Lipinski definition) is 0. The zero-order chi connectivity index (χ0) is 28.1. The third-order valence-corrected chi connectivity index (χ3v) is 6.91. The fraction of sp³-hybridized carbons (Fsp3) is 0.529. The summed E-state index contributed by atoms with van der Waals surface area (Å²) in [5.41, 5.74) is 1.83. The number of ether oxygens (including phenoxy) is 3. The van der Waals surface area contributed by atoms with E-state index in [1.807, 2.05) is 12.1 Å². The topological polar surface area (TPSA) is 61.8 Å². The zero-order valence-electron chi connectivity index (χ0n) is 24.1. The SMILES string of the molecule is C=CC(=O)OCCCCCCOc1ccc(C(=O)Oc2ccc(C(CCC)CCCCCCCC)cc2)cc1. The highest BCUT2D eigenvalue weighted by Gasteiger charge is 2.13. The Bertz CT molecular complexity index is 949. The fourth-order valence-electron chi connectivity index (χ4n) is 4.64. The van der Waals surface area contributed by atoms with Crippen LogP contribution in [0.15, 0.2) is 61.2 Å². The molecule has 0 bridgehead atoms. The summed E-state index contributed by atoms with van der Waals surface area (Å²) in [4.78, 5) is 23.6. The predicted molar refractivity (Wildman–Crippen MR) is 159 cm³/mol. The lowest BCUT2D eigenvalue weighted by molar-refractivity contribution is -0.137. The van der Waals surface area contributed by atoms with Crippen LogP contribution in [0.25, 0.3) is 0 Å². The molecule has 0 aliphatic rings. The zero-order valence-corrected chi connectivity index (χ0v) is 24.1. The van der Waals surface area contributed by atoms with Gasteiger partial charge in [0.1, 0.15) is 11.5 Å². The summed E-state index contributed by atoms with van der Waals surface area (Å²) in [6.07, 6.45) is 16.4. The van der Waals surface area contributed by atoms with E-state index in [1.165, 1.54) is 69.4 Å². The largest absolute Gasteiger partial charge is 0.494 e. The summed E-state index contributed by atoms with van der Waals surface area (Å²) >= 11 is 0. The maximum Gasteiger partial charge on any atom is 0.343 e. The van der Waals surface area contributed by atoms with Crippen LogP contribution in [-0.4, -0.2) is 25.2 Å². The minimum atomic E-state index is -0.377. The predicted octanol–water partition coefficient (Wildman–Crippen LogP) is 9.21. The van der Waals surface area contributed by atoms with E-state index in [0.717, 1.165) is 31.4 Å². The van der Waals surface area contributed by atoms with Crippen LogP contribution in [0.2, 0.25) is 0 Å². The molecule has 0 spiro atoms. The molecule has 2 aromatic carbocycles. The summed E-state index contributed by atoms with van der Waals surface area (Å²) in [5.74, 6) is 1.11. The van der Waals surface area contributed by atoms with Gasteiger partial charge in [0.25, 0.3) is 0 Å². The van der Waals surface area contributed by atoms with Crippen molar-refractivity contribution in [1.29, 1.82) is 0 Å². The Hall–Kier alpha value is -3.08. The summed E-state index contributed by atoms with van der Waals surface area (Å²) in [6, 6.07) is 15.1. The van der Waals surface area contributed by atoms with E-state index in [4.69, 9.17) is 14.2 Å². The average molecular weight is 537 g/mol. The van der Waals surface area contributed by atoms with E-state index in [-0.39, 0.29) is 11.9 Å². The molecule has 0 N–H and O–H groups in total. The standard InChI is InChI=1S/C34H48O5/c1-4-7-8-9-10-13-17-28(16-5-2)29-18-24-32(25-19-29)39-34(36)30-20-22-31(23-21-30)37-26-14-11-12-15-27-38-33(35)6-3/h6,18-25,28H,3-5,7-17,26-27H2,1-2H3. The van der Waals surface area contributed by atoms with Crippen LogP contribution in [-0.2, 0) is 9.53 Å². The van der Waals surface area contributed by atoms with Crippen LogP contribution in [0.3, 0.4) is 0 Å². The first kappa shape index (κ1) is 32.1. The van der Waals surface area contributed by atoms with Crippen LogP contribution >= 0.6 is 0 Å². The van der Waals surface area contributed by atoms with Crippen LogP contribution in [0.4, 0.5) is 0 Å². The number of benzene rings is 2. The van der Waals surface area contributed by atoms with Gasteiger partial charge in [-0.1, -0.05) is 77.5 Å². The van der Waals surface area contributed by atoms with Gasteiger partial charge >= 0.3 is 11.9 Å². The summed E-state index contributed by atoms with van der Waals surface area (Å²) in [7, 11) is 0. The van der Waals surface area contributed by atoms with Crippen molar-refractivity contribution < 1.29 is 23.8 Å². The molecule has 0 aromatic heterocycles. The van der Waals surface area contributed by atoms with Crippen molar-refractivity contribution in [2.45, 2.75) is 103 Å². The van der Waals surface area contributed by atoms with Crippen molar-refractivity contribution in [3.63, 3.8) is 0 Å². The maximum absolute atomic E-state index is 12.6. The summed E-state index contributed by atoms with van der Waals surface area (Å²) in [5, 5.41) is 0. The maximum atomic E-state index is 12.6. The van der Waals surface area contributed by atoms with Gasteiger partial charge < -0.3 is 14.2 Å². The van der Waals surface area contributed by atoms with Crippen molar-refractivity contribution in [3.05, 3.63) is 72.3 Å². The molecular formula is C34H48O5. The third-order valence-electron chi connectivity index (χ3n) is 6.91.